The number of para-hydroxylation sites is 3. The number of amides is 1. The van der Waals surface area contributed by atoms with E-state index in [-0.39, 0.29) is 26.3 Å². The lowest BCUT2D eigenvalue weighted by Gasteiger charge is -2.25. The van der Waals surface area contributed by atoms with Crippen molar-refractivity contribution in [2.75, 3.05) is 23.3 Å². The zero-order chi connectivity index (χ0) is 21.7. The van der Waals surface area contributed by atoms with Crippen LogP contribution in [-0.2, 0) is 14.8 Å². The van der Waals surface area contributed by atoms with Gasteiger partial charge in [0, 0.05) is 0 Å². The Hall–Kier alpha value is -2.74. The third-order valence-corrected chi connectivity index (χ3v) is 6.60. The summed E-state index contributed by atoms with van der Waals surface area (Å²) >= 11 is 12.2. The maximum absolute atomic E-state index is 13.4. The molecule has 1 amide bonds. The molecule has 0 radical (unpaired) electrons. The van der Waals surface area contributed by atoms with Crippen molar-refractivity contribution in [3.05, 3.63) is 82.8 Å². The van der Waals surface area contributed by atoms with Gasteiger partial charge in [-0.25, -0.2) is 8.42 Å². The zero-order valence-corrected chi connectivity index (χ0v) is 18.2. The summed E-state index contributed by atoms with van der Waals surface area (Å²) < 4.78 is 33.0. The number of nitrogens with zero attached hydrogens (tertiary/aromatic N) is 1. The van der Waals surface area contributed by atoms with E-state index in [2.05, 4.69) is 5.32 Å². The summed E-state index contributed by atoms with van der Waals surface area (Å²) in [6.07, 6.45) is 0. The largest absolute Gasteiger partial charge is 0.495 e. The summed E-state index contributed by atoms with van der Waals surface area (Å²) in [6, 6.07) is 19.2. The van der Waals surface area contributed by atoms with E-state index in [9.17, 15) is 13.2 Å². The number of anilines is 2. The molecule has 3 rings (SSSR count). The number of hydrogen-bond acceptors (Lipinski definition) is 4. The standard InChI is InChI=1S/C21H18Cl2N2O4S/c1-29-19-13-6-5-12-18(19)25(30(27,28)15-8-3-2-4-9-15)14-20(26)24-21-16(22)10-7-11-17(21)23/h2-13H,14H2,1H3,(H,24,26). The molecule has 0 unspecified atom stereocenters. The Morgan fingerprint density at radius 3 is 2.17 bits per heavy atom. The predicted octanol–water partition coefficient (Wildman–Crippen LogP) is 4.84. The molecule has 0 fully saturated rings. The van der Waals surface area contributed by atoms with Crippen LogP contribution < -0.4 is 14.4 Å². The molecule has 3 aromatic rings. The van der Waals surface area contributed by atoms with Crippen LogP contribution in [0.25, 0.3) is 0 Å². The Morgan fingerprint density at radius 1 is 0.933 bits per heavy atom. The molecule has 1 N–H and O–H groups in total. The minimum absolute atomic E-state index is 0.0412. The van der Waals surface area contributed by atoms with Crippen LogP contribution in [0.1, 0.15) is 0 Å². The number of carbonyl (C=O) groups excluding carboxylic acids is 1. The molecule has 6 nitrogen and oxygen atoms in total. The molecule has 0 saturated heterocycles. The van der Waals surface area contributed by atoms with E-state index in [4.69, 9.17) is 27.9 Å². The minimum atomic E-state index is -4.07. The molecule has 156 valence electrons. The first-order chi connectivity index (χ1) is 14.3. The van der Waals surface area contributed by atoms with Crippen molar-refractivity contribution < 1.29 is 17.9 Å². The maximum Gasteiger partial charge on any atom is 0.264 e. The summed E-state index contributed by atoms with van der Waals surface area (Å²) in [5.41, 5.74) is 0.437. The quantitative estimate of drug-likeness (QED) is 0.542. The first-order valence-corrected chi connectivity index (χ1v) is 11.0. The number of ether oxygens (including phenoxy) is 1. The lowest BCUT2D eigenvalue weighted by Crippen LogP contribution is -2.38. The van der Waals surface area contributed by atoms with Gasteiger partial charge in [0.25, 0.3) is 10.0 Å². The number of sulfonamides is 1. The molecule has 0 aliphatic carbocycles. The van der Waals surface area contributed by atoms with E-state index >= 15 is 0 Å². The van der Waals surface area contributed by atoms with Crippen LogP contribution in [0.4, 0.5) is 11.4 Å². The first-order valence-electron chi connectivity index (χ1n) is 8.79. The number of hydrogen-bond donors (Lipinski definition) is 1. The Morgan fingerprint density at radius 2 is 1.53 bits per heavy atom. The Kier molecular flexibility index (Phi) is 6.87. The Balaban J connectivity index is 2.01. The third kappa shape index (κ3) is 4.70. The van der Waals surface area contributed by atoms with Gasteiger partial charge in [-0.05, 0) is 36.4 Å². The monoisotopic (exact) mass is 464 g/mol. The van der Waals surface area contributed by atoms with Crippen molar-refractivity contribution in [3.8, 4) is 5.75 Å². The summed E-state index contributed by atoms with van der Waals surface area (Å²) in [4.78, 5) is 12.8. The van der Waals surface area contributed by atoms with Gasteiger partial charge in [-0.15, -0.1) is 0 Å². The van der Waals surface area contributed by atoms with Gasteiger partial charge in [-0.2, -0.15) is 0 Å². The molecule has 0 spiro atoms. The highest BCUT2D eigenvalue weighted by atomic mass is 35.5. The number of methoxy groups -OCH3 is 1. The van der Waals surface area contributed by atoms with Gasteiger partial charge in [0.1, 0.15) is 12.3 Å². The van der Waals surface area contributed by atoms with Gasteiger partial charge in [0.15, 0.2) is 0 Å². The zero-order valence-electron chi connectivity index (χ0n) is 15.9. The van der Waals surface area contributed by atoms with E-state index in [1.165, 1.54) is 19.2 Å². The van der Waals surface area contributed by atoms with Crippen molar-refractivity contribution >= 4 is 50.5 Å². The molecular weight excluding hydrogens is 447 g/mol. The van der Waals surface area contributed by atoms with E-state index in [0.717, 1.165) is 4.31 Å². The summed E-state index contributed by atoms with van der Waals surface area (Å²) in [5.74, 6) is -0.309. The molecule has 9 heteroatoms. The van der Waals surface area contributed by atoms with E-state index in [1.54, 1.807) is 60.7 Å². The fourth-order valence-electron chi connectivity index (χ4n) is 2.78. The van der Waals surface area contributed by atoms with E-state index in [0.29, 0.717) is 5.75 Å². The van der Waals surface area contributed by atoms with Crippen LogP contribution in [0.2, 0.25) is 10.0 Å². The average molecular weight is 465 g/mol. The number of nitrogens with one attached hydrogen (secondary N) is 1. The number of carbonyl (C=O) groups is 1. The summed E-state index contributed by atoms with van der Waals surface area (Å²) in [6.45, 7) is -0.515. The van der Waals surface area contributed by atoms with E-state index in [1.807, 2.05) is 0 Å². The lowest BCUT2D eigenvalue weighted by atomic mass is 10.3. The second-order valence-corrected chi connectivity index (χ2v) is 8.82. The van der Waals surface area contributed by atoms with Crippen molar-refractivity contribution in [2.24, 2.45) is 0 Å². The van der Waals surface area contributed by atoms with Crippen molar-refractivity contribution in [2.45, 2.75) is 4.90 Å². The van der Waals surface area contributed by atoms with Crippen LogP contribution in [0.3, 0.4) is 0 Å². The highest BCUT2D eigenvalue weighted by Gasteiger charge is 2.29. The first kappa shape index (κ1) is 22.0. The summed E-state index contributed by atoms with van der Waals surface area (Å²) in [5, 5.41) is 3.07. The van der Waals surface area contributed by atoms with Gasteiger partial charge in [0.05, 0.1) is 33.4 Å². The second kappa shape index (κ2) is 9.38. The van der Waals surface area contributed by atoms with E-state index < -0.39 is 22.5 Å². The van der Waals surface area contributed by atoms with Gasteiger partial charge in [-0.3, -0.25) is 9.10 Å². The minimum Gasteiger partial charge on any atom is -0.495 e. The Labute approximate surface area is 185 Å². The number of benzene rings is 3. The SMILES string of the molecule is COc1ccccc1N(CC(=O)Nc1c(Cl)cccc1Cl)S(=O)(=O)c1ccccc1. The molecule has 3 aromatic carbocycles. The highest BCUT2D eigenvalue weighted by molar-refractivity contribution is 7.92. The van der Waals surface area contributed by atoms with Crippen molar-refractivity contribution in [1.82, 2.24) is 0 Å². The fraction of sp³-hybridized carbons (Fsp3) is 0.0952. The number of rotatable bonds is 7. The molecule has 0 aliphatic rings. The molecular formula is C21H18Cl2N2O4S. The smallest absolute Gasteiger partial charge is 0.264 e. The maximum atomic E-state index is 13.4. The molecule has 0 bridgehead atoms. The molecule has 0 heterocycles. The Bertz CT molecular complexity index is 1130. The second-order valence-electron chi connectivity index (χ2n) is 6.14. The van der Waals surface area contributed by atoms with Gasteiger partial charge in [0.2, 0.25) is 5.91 Å². The van der Waals surface area contributed by atoms with Crippen LogP contribution in [0, 0.1) is 0 Å². The average Bonchev–Trinajstić information content (AvgIpc) is 2.75. The molecule has 0 saturated carbocycles. The van der Waals surface area contributed by atoms with Crippen LogP contribution in [0.5, 0.6) is 5.75 Å². The third-order valence-electron chi connectivity index (χ3n) is 4.20. The lowest BCUT2D eigenvalue weighted by molar-refractivity contribution is -0.114. The molecule has 0 atom stereocenters. The normalized spacial score (nSPS) is 11.0. The molecule has 30 heavy (non-hydrogen) atoms. The predicted molar refractivity (Wildman–Crippen MR) is 119 cm³/mol. The molecule has 0 aromatic heterocycles. The number of halogens is 2. The van der Waals surface area contributed by atoms with Gasteiger partial charge >= 0.3 is 0 Å². The van der Waals surface area contributed by atoms with Crippen molar-refractivity contribution in [1.29, 1.82) is 0 Å². The van der Waals surface area contributed by atoms with Gasteiger partial charge < -0.3 is 10.1 Å². The van der Waals surface area contributed by atoms with Crippen LogP contribution in [-0.4, -0.2) is 28.0 Å². The fourth-order valence-corrected chi connectivity index (χ4v) is 4.73. The van der Waals surface area contributed by atoms with Gasteiger partial charge in [-0.1, -0.05) is 59.6 Å². The van der Waals surface area contributed by atoms with Crippen LogP contribution >= 0.6 is 23.2 Å². The topological polar surface area (TPSA) is 75.7 Å². The van der Waals surface area contributed by atoms with Crippen LogP contribution in [0.15, 0.2) is 77.7 Å². The summed E-state index contributed by atoms with van der Waals surface area (Å²) in [7, 11) is -2.64. The highest BCUT2D eigenvalue weighted by Crippen LogP contribution is 2.33. The van der Waals surface area contributed by atoms with Crippen molar-refractivity contribution in [3.63, 3.8) is 0 Å². The molecule has 0 aliphatic heterocycles.